The van der Waals surface area contributed by atoms with E-state index in [9.17, 15) is 0 Å². The zero-order valence-corrected chi connectivity index (χ0v) is 7.43. The summed E-state index contributed by atoms with van der Waals surface area (Å²) in [7, 11) is 0. The van der Waals surface area contributed by atoms with Crippen molar-refractivity contribution in [2.75, 3.05) is 0 Å². The first-order valence-corrected chi connectivity index (χ1v) is 4.22. The van der Waals surface area contributed by atoms with E-state index >= 15 is 0 Å². The molecule has 0 saturated carbocycles. The monoisotopic (exact) mass is 181 g/mol. The van der Waals surface area contributed by atoms with E-state index in [2.05, 4.69) is 4.98 Å². The van der Waals surface area contributed by atoms with E-state index in [0.717, 1.165) is 17.6 Å². The molecule has 0 aliphatic rings. The van der Waals surface area contributed by atoms with Crippen LogP contribution < -0.4 is 0 Å². The molecule has 12 heavy (non-hydrogen) atoms. The topological polar surface area (TPSA) is 26.0 Å². The Morgan fingerprint density at radius 1 is 1.58 bits per heavy atom. The number of pyridine rings is 1. The SMILES string of the molecule is CCc1cc2ccnc(Cl)c2o1. The van der Waals surface area contributed by atoms with Gasteiger partial charge in [-0.05, 0) is 12.1 Å². The zero-order valence-electron chi connectivity index (χ0n) is 6.67. The molecule has 0 unspecified atom stereocenters. The molecular formula is C9H8ClNO. The van der Waals surface area contributed by atoms with Crippen LogP contribution in [0.2, 0.25) is 5.15 Å². The molecule has 0 fully saturated rings. The summed E-state index contributed by atoms with van der Waals surface area (Å²) in [5.74, 6) is 0.944. The molecule has 0 radical (unpaired) electrons. The van der Waals surface area contributed by atoms with Crippen molar-refractivity contribution in [1.82, 2.24) is 4.98 Å². The molecule has 2 aromatic heterocycles. The fourth-order valence-electron chi connectivity index (χ4n) is 1.16. The van der Waals surface area contributed by atoms with Gasteiger partial charge < -0.3 is 4.42 Å². The van der Waals surface area contributed by atoms with Crippen molar-refractivity contribution in [3.05, 3.63) is 29.2 Å². The van der Waals surface area contributed by atoms with Crippen LogP contribution in [0.1, 0.15) is 12.7 Å². The number of furan rings is 1. The normalized spacial score (nSPS) is 10.8. The maximum absolute atomic E-state index is 5.82. The Hall–Kier alpha value is -1.02. The minimum absolute atomic E-state index is 0.437. The van der Waals surface area contributed by atoms with Crippen LogP contribution in [0.25, 0.3) is 11.0 Å². The van der Waals surface area contributed by atoms with Gasteiger partial charge >= 0.3 is 0 Å². The molecule has 2 aromatic rings. The molecule has 0 saturated heterocycles. The third kappa shape index (κ3) is 1.08. The van der Waals surface area contributed by atoms with Gasteiger partial charge in [-0.15, -0.1) is 0 Å². The van der Waals surface area contributed by atoms with Gasteiger partial charge in [-0.1, -0.05) is 18.5 Å². The summed E-state index contributed by atoms with van der Waals surface area (Å²) >= 11 is 5.82. The third-order valence-corrected chi connectivity index (χ3v) is 2.06. The highest BCUT2D eigenvalue weighted by Crippen LogP contribution is 2.24. The summed E-state index contributed by atoms with van der Waals surface area (Å²) < 4.78 is 5.45. The summed E-state index contributed by atoms with van der Waals surface area (Å²) in [5.41, 5.74) is 0.691. The lowest BCUT2D eigenvalue weighted by Gasteiger charge is -1.88. The summed E-state index contributed by atoms with van der Waals surface area (Å²) in [6.45, 7) is 2.04. The highest BCUT2D eigenvalue weighted by Gasteiger charge is 2.05. The average Bonchev–Trinajstić information content (AvgIpc) is 2.49. The quantitative estimate of drug-likeness (QED) is 0.632. The Bertz CT molecular complexity index is 408. The van der Waals surface area contributed by atoms with E-state index in [-0.39, 0.29) is 0 Å². The predicted octanol–water partition coefficient (Wildman–Crippen LogP) is 3.04. The van der Waals surface area contributed by atoms with E-state index < -0.39 is 0 Å². The zero-order chi connectivity index (χ0) is 8.55. The molecule has 2 heterocycles. The predicted molar refractivity (Wildman–Crippen MR) is 48.4 cm³/mol. The molecule has 62 valence electrons. The molecular weight excluding hydrogens is 174 g/mol. The Morgan fingerprint density at radius 3 is 3.08 bits per heavy atom. The van der Waals surface area contributed by atoms with E-state index in [4.69, 9.17) is 16.0 Å². The summed E-state index contributed by atoms with van der Waals surface area (Å²) in [6, 6.07) is 3.88. The van der Waals surface area contributed by atoms with Crippen molar-refractivity contribution < 1.29 is 4.42 Å². The van der Waals surface area contributed by atoms with Crippen molar-refractivity contribution >= 4 is 22.6 Å². The van der Waals surface area contributed by atoms with E-state index in [1.54, 1.807) is 6.20 Å². The maximum Gasteiger partial charge on any atom is 0.172 e. The van der Waals surface area contributed by atoms with Crippen LogP contribution in [0.5, 0.6) is 0 Å². The number of aryl methyl sites for hydroxylation is 1. The summed E-state index contributed by atoms with van der Waals surface area (Å²) in [5, 5.41) is 1.46. The van der Waals surface area contributed by atoms with Crippen LogP contribution in [-0.2, 0) is 6.42 Å². The molecule has 0 aliphatic carbocycles. The van der Waals surface area contributed by atoms with E-state index in [0.29, 0.717) is 10.7 Å². The highest BCUT2D eigenvalue weighted by molar-refractivity contribution is 6.33. The van der Waals surface area contributed by atoms with Crippen LogP contribution in [0.4, 0.5) is 0 Å². The minimum atomic E-state index is 0.437. The molecule has 0 aliphatic heterocycles. The lowest BCUT2D eigenvalue weighted by atomic mass is 10.3. The molecule has 0 spiro atoms. The van der Waals surface area contributed by atoms with E-state index in [1.165, 1.54) is 0 Å². The molecule has 2 rings (SSSR count). The first kappa shape index (κ1) is 7.62. The molecule has 0 bridgehead atoms. The van der Waals surface area contributed by atoms with Gasteiger partial charge in [-0.3, -0.25) is 0 Å². The Kier molecular flexibility index (Phi) is 1.77. The molecule has 3 heteroatoms. The van der Waals surface area contributed by atoms with Gasteiger partial charge in [-0.2, -0.15) is 0 Å². The Morgan fingerprint density at radius 2 is 2.42 bits per heavy atom. The van der Waals surface area contributed by atoms with E-state index in [1.807, 2.05) is 19.1 Å². The Balaban J connectivity index is 2.74. The third-order valence-electron chi connectivity index (χ3n) is 1.79. The minimum Gasteiger partial charge on any atom is -0.458 e. The van der Waals surface area contributed by atoms with Crippen LogP contribution in [-0.4, -0.2) is 4.98 Å². The smallest absolute Gasteiger partial charge is 0.172 e. The standard InChI is InChI=1S/C9H8ClNO/c1-2-7-5-6-3-4-11-9(10)8(6)12-7/h3-5H,2H2,1H3. The van der Waals surface area contributed by atoms with Gasteiger partial charge in [0.15, 0.2) is 10.7 Å². The fraction of sp³-hybridized carbons (Fsp3) is 0.222. The highest BCUT2D eigenvalue weighted by atomic mass is 35.5. The number of halogens is 1. The fourth-order valence-corrected chi connectivity index (χ4v) is 1.36. The van der Waals surface area contributed by atoms with Crippen LogP contribution in [0.3, 0.4) is 0 Å². The molecule has 2 nitrogen and oxygen atoms in total. The van der Waals surface area contributed by atoms with Crippen molar-refractivity contribution in [1.29, 1.82) is 0 Å². The molecule has 0 N–H and O–H groups in total. The number of fused-ring (bicyclic) bond motifs is 1. The first-order valence-electron chi connectivity index (χ1n) is 3.84. The number of aromatic nitrogens is 1. The van der Waals surface area contributed by atoms with Crippen LogP contribution >= 0.6 is 11.6 Å². The lowest BCUT2D eigenvalue weighted by molar-refractivity contribution is 0.556. The largest absolute Gasteiger partial charge is 0.458 e. The lowest BCUT2D eigenvalue weighted by Crippen LogP contribution is -1.71. The molecule has 0 amide bonds. The van der Waals surface area contributed by atoms with Crippen LogP contribution in [0.15, 0.2) is 22.7 Å². The maximum atomic E-state index is 5.82. The van der Waals surface area contributed by atoms with Gasteiger partial charge in [0, 0.05) is 18.0 Å². The number of hydrogen-bond acceptors (Lipinski definition) is 2. The Labute approximate surface area is 75.2 Å². The number of nitrogens with zero attached hydrogens (tertiary/aromatic N) is 1. The average molecular weight is 182 g/mol. The van der Waals surface area contributed by atoms with Crippen molar-refractivity contribution in [2.45, 2.75) is 13.3 Å². The van der Waals surface area contributed by atoms with Crippen LogP contribution in [0, 0.1) is 0 Å². The van der Waals surface area contributed by atoms with Crippen molar-refractivity contribution in [3.8, 4) is 0 Å². The van der Waals surface area contributed by atoms with Gasteiger partial charge in [0.1, 0.15) is 5.76 Å². The summed E-state index contributed by atoms with van der Waals surface area (Å²) in [4.78, 5) is 3.93. The second-order valence-corrected chi connectivity index (χ2v) is 2.94. The van der Waals surface area contributed by atoms with Gasteiger partial charge in [-0.25, -0.2) is 4.98 Å². The van der Waals surface area contributed by atoms with Crippen molar-refractivity contribution in [3.63, 3.8) is 0 Å². The van der Waals surface area contributed by atoms with Gasteiger partial charge in [0.05, 0.1) is 0 Å². The second kappa shape index (κ2) is 2.79. The van der Waals surface area contributed by atoms with Gasteiger partial charge in [0.25, 0.3) is 0 Å². The first-order chi connectivity index (χ1) is 5.81. The number of hydrogen-bond donors (Lipinski definition) is 0. The summed E-state index contributed by atoms with van der Waals surface area (Å²) in [6.07, 6.45) is 2.56. The van der Waals surface area contributed by atoms with Crippen molar-refractivity contribution in [2.24, 2.45) is 0 Å². The molecule has 0 aromatic carbocycles. The molecule has 0 atom stereocenters. The number of rotatable bonds is 1. The second-order valence-electron chi connectivity index (χ2n) is 2.59. The van der Waals surface area contributed by atoms with Gasteiger partial charge in [0.2, 0.25) is 0 Å².